The first kappa shape index (κ1) is 12.3. The number of hydrogen-bond acceptors (Lipinski definition) is 4. The summed E-state index contributed by atoms with van der Waals surface area (Å²) in [6, 6.07) is 3.77. The number of halogens is 1. The van der Waals surface area contributed by atoms with Crippen molar-refractivity contribution < 1.29 is 4.74 Å². The fourth-order valence-electron chi connectivity index (χ4n) is 1.39. The molecule has 0 radical (unpaired) electrons. The van der Waals surface area contributed by atoms with E-state index in [1.165, 1.54) is 0 Å². The summed E-state index contributed by atoms with van der Waals surface area (Å²) in [5.41, 5.74) is 1.76. The van der Waals surface area contributed by atoms with Crippen molar-refractivity contribution in [3.63, 3.8) is 0 Å². The molecule has 0 atom stereocenters. The molecule has 0 saturated carbocycles. The van der Waals surface area contributed by atoms with Crippen LogP contribution in [0.4, 0.5) is 0 Å². The number of rotatable bonds is 3. The Balaban J connectivity index is 2.53. The molecule has 0 spiro atoms. The van der Waals surface area contributed by atoms with Gasteiger partial charge in [0.15, 0.2) is 0 Å². The third kappa shape index (κ3) is 2.77. The molecule has 0 unspecified atom stereocenters. The Labute approximate surface area is 112 Å². The van der Waals surface area contributed by atoms with Crippen molar-refractivity contribution >= 4 is 28.1 Å². The van der Waals surface area contributed by atoms with Crippen molar-refractivity contribution in [1.82, 2.24) is 15.0 Å². The number of hydrogen-bond donors (Lipinski definition) is 1. The van der Waals surface area contributed by atoms with Crippen LogP contribution in [0.3, 0.4) is 0 Å². The summed E-state index contributed by atoms with van der Waals surface area (Å²) in [4.78, 5) is 11.5. The molecule has 0 fully saturated rings. The summed E-state index contributed by atoms with van der Waals surface area (Å²) < 4.78 is 6.38. The first-order valence-electron chi connectivity index (χ1n) is 4.90. The summed E-state index contributed by atoms with van der Waals surface area (Å²) in [5, 5.41) is 0. The van der Waals surface area contributed by atoms with Gasteiger partial charge < -0.3 is 9.72 Å². The molecule has 0 aliphatic carbocycles. The summed E-state index contributed by atoms with van der Waals surface area (Å²) >= 11 is 8.58. The van der Waals surface area contributed by atoms with Crippen LogP contribution in [0.1, 0.15) is 5.69 Å². The molecule has 0 aliphatic rings. The lowest BCUT2D eigenvalue weighted by molar-refractivity contribution is 0.181. The summed E-state index contributed by atoms with van der Waals surface area (Å²) in [6.07, 6.45) is 3.45. The number of aromatic amines is 1. The van der Waals surface area contributed by atoms with Crippen LogP contribution < -0.4 is 0 Å². The number of H-pyrrole nitrogens is 1. The average molecular weight is 312 g/mol. The lowest BCUT2D eigenvalue weighted by Gasteiger charge is -2.07. The number of pyridine rings is 1. The van der Waals surface area contributed by atoms with Gasteiger partial charge in [-0.3, -0.25) is 4.98 Å². The second kappa shape index (κ2) is 5.48. The highest BCUT2D eigenvalue weighted by molar-refractivity contribution is 9.10. The van der Waals surface area contributed by atoms with Gasteiger partial charge in [-0.25, -0.2) is 4.98 Å². The molecule has 0 bridgehead atoms. The minimum Gasteiger partial charge on any atom is -0.378 e. The molecule has 88 valence electrons. The molecule has 17 heavy (non-hydrogen) atoms. The zero-order valence-electron chi connectivity index (χ0n) is 9.11. The van der Waals surface area contributed by atoms with Gasteiger partial charge in [-0.1, -0.05) is 12.2 Å². The molecule has 2 aromatic heterocycles. The van der Waals surface area contributed by atoms with Gasteiger partial charge in [0.05, 0.1) is 16.8 Å². The van der Waals surface area contributed by atoms with Crippen LogP contribution in [0.5, 0.6) is 0 Å². The molecule has 4 nitrogen and oxygen atoms in total. The molecule has 0 aromatic carbocycles. The van der Waals surface area contributed by atoms with Gasteiger partial charge in [0.1, 0.15) is 10.5 Å². The average Bonchev–Trinajstić information content (AvgIpc) is 2.36. The number of nitrogens with zero attached hydrogens (tertiary/aromatic N) is 2. The third-order valence-corrected chi connectivity index (χ3v) is 3.57. The van der Waals surface area contributed by atoms with Crippen LogP contribution in [-0.2, 0) is 11.3 Å². The normalized spacial score (nSPS) is 10.5. The van der Waals surface area contributed by atoms with Crippen molar-refractivity contribution in [2.45, 2.75) is 6.61 Å². The molecule has 0 aliphatic heterocycles. The molecular formula is C11H10BrN3OS. The molecule has 2 heterocycles. The quantitative estimate of drug-likeness (QED) is 0.885. The maximum absolute atomic E-state index is 5.19. The van der Waals surface area contributed by atoms with Crippen molar-refractivity contribution in [3.05, 3.63) is 39.3 Å². The van der Waals surface area contributed by atoms with Gasteiger partial charge >= 0.3 is 0 Å². The first-order valence-corrected chi connectivity index (χ1v) is 6.10. The van der Waals surface area contributed by atoms with Gasteiger partial charge in [0, 0.05) is 25.1 Å². The molecule has 6 heteroatoms. The van der Waals surface area contributed by atoms with Crippen molar-refractivity contribution in [2.75, 3.05) is 7.11 Å². The zero-order valence-corrected chi connectivity index (χ0v) is 11.5. The van der Waals surface area contributed by atoms with Crippen LogP contribution in [0, 0.1) is 4.64 Å². The smallest absolute Gasteiger partial charge is 0.144 e. The van der Waals surface area contributed by atoms with Gasteiger partial charge in [-0.15, -0.1) is 0 Å². The van der Waals surface area contributed by atoms with Crippen LogP contribution in [0.15, 0.2) is 29.0 Å². The second-order valence-electron chi connectivity index (χ2n) is 3.36. The summed E-state index contributed by atoms with van der Waals surface area (Å²) in [7, 11) is 1.63. The highest BCUT2D eigenvalue weighted by Gasteiger charge is 2.07. The lowest BCUT2D eigenvalue weighted by atomic mass is 10.2. The Morgan fingerprint density at radius 3 is 3.00 bits per heavy atom. The minimum atomic E-state index is 0.444. The predicted molar refractivity (Wildman–Crippen MR) is 71.1 cm³/mol. The number of aromatic nitrogens is 3. The molecular weight excluding hydrogens is 302 g/mol. The third-order valence-electron chi connectivity index (χ3n) is 2.16. The topological polar surface area (TPSA) is 50.8 Å². The van der Waals surface area contributed by atoms with E-state index in [4.69, 9.17) is 17.0 Å². The SMILES string of the molecule is COCc1[nH]c(-c2cccnc2)nc(=S)c1Br. The van der Waals surface area contributed by atoms with E-state index in [2.05, 4.69) is 30.9 Å². The summed E-state index contributed by atoms with van der Waals surface area (Å²) in [6.45, 7) is 0.444. The van der Waals surface area contributed by atoms with Gasteiger partial charge in [-0.05, 0) is 28.1 Å². The number of ether oxygens (including phenoxy) is 1. The van der Waals surface area contributed by atoms with Crippen molar-refractivity contribution in [1.29, 1.82) is 0 Å². The molecule has 2 rings (SSSR count). The number of nitrogens with one attached hydrogen (secondary N) is 1. The first-order chi connectivity index (χ1) is 8.22. The monoisotopic (exact) mass is 311 g/mol. The summed E-state index contributed by atoms with van der Waals surface area (Å²) in [5.74, 6) is 0.693. The van der Waals surface area contributed by atoms with Crippen LogP contribution in [0.25, 0.3) is 11.4 Å². The van der Waals surface area contributed by atoms with E-state index in [1.54, 1.807) is 19.5 Å². The van der Waals surface area contributed by atoms with Crippen LogP contribution in [0.2, 0.25) is 0 Å². The van der Waals surface area contributed by atoms with E-state index in [9.17, 15) is 0 Å². The fourth-order valence-corrected chi connectivity index (χ4v) is 1.91. The lowest BCUT2D eigenvalue weighted by Crippen LogP contribution is -2.00. The molecule has 0 amide bonds. The van der Waals surface area contributed by atoms with Crippen molar-refractivity contribution in [3.8, 4) is 11.4 Å². The Kier molecular flexibility index (Phi) is 3.98. The maximum Gasteiger partial charge on any atom is 0.144 e. The largest absolute Gasteiger partial charge is 0.378 e. The number of methoxy groups -OCH3 is 1. The second-order valence-corrected chi connectivity index (χ2v) is 4.54. The maximum atomic E-state index is 5.19. The van der Waals surface area contributed by atoms with E-state index in [0.717, 1.165) is 15.7 Å². The van der Waals surface area contributed by atoms with Crippen LogP contribution >= 0.6 is 28.1 Å². The van der Waals surface area contributed by atoms with E-state index in [-0.39, 0.29) is 0 Å². The Morgan fingerprint density at radius 1 is 1.53 bits per heavy atom. The minimum absolute atomic E-state index is 0.444. The standard InChI is InChI=1S/C11H10BrN3OS/c1-16-6-8-9(12)11(17)15-10(14-8)7-3-2-4-13-5-7/h2-5H,6H2,1H3,(H,14,15,17). The highest BCUT2D eigenvalue weighted by Crippen LogP contribution is 2.21. The highest BCUT2D eigenvalue weighted by atomic mass is 79.9. The fraction of sp³-hybridized carbons (Fsp3) is 0.182. The molecule has 0 saturated heterocycles. The van der Waals surface area contributed by atoms with Gasteiger partial charge in [0.25, 0.3) is 0 Å². The zero-order chi connectivity index (χ0) is 12.3. The van der Waals surface area contributed by atoms with E-state index in [0.29, 0.717) is 17.1 Å². The van der Waals surface area contributed by atoms with Gasteiger partial charge in [-0.2, -0.15) is 0 Å². The molecule has 2 aromatic rings. The predicted octanol–water partition coefficient (Wildman–Crippen LogP) is 3.11. The van der Waals surface area contributed by atoms with Gasteiger partial charge in [0.2, 0.25) is 0 Å². The van der Waals surface area contributed by atoms with Crippen LogP contribution in [-0.4, -0.2) is 22.1 Å². The Bertz CT molecular complexity index is 571. The van der Waals surface area contributed by atoms with Crippen molar-refractivity contribution in [2.24, 2.45) is 0 Å². The van der Waals surface area contributed by atoms with E-state index in [1.807, 2.05) is 12.1 Å². The molecule has 1 N–H and O–H groups in total. The Hall–Kier alpha value is -1.11. The van der Waals surface area contributed by atoms with E-state index < -0.39 is 0 Å². The Morgan fingerprint density at radius 2 is 2.35 bits per heavy atom. The van der Waals surface area contributed by atoms with E-state index >= 15 is 0 Å².